The summed E-state index contributed by atoms with van der Waals surface area (Å²) in [7, 11) is 0. The zero-order valence-corrected chi connectivity index (χ0v) is 31.5. The van der Waals surface area contributed by atoms with E-state index in [4.69, 9.17) is 18.9 Å². The molecular formula is C44H36O14. The lowest BCUT2D eigenvalue weighted by Gasteiger charge is -2.09. The van der Waals surface area contributed by atoms with Crippen LogP contribution in [0.3, 0.4) is 0 Å². The van der Waals surface area contributed by atoms with Gasteiger partial charge in [0, 0.05) is 29.2 Å². The molecule has 0 saturated heterocycles. The summed E-state index contributed by atoms with van der Waals surface area (Å²) in [6.07, 6.45) is 3.46. The first-order valence-electron chi connectivity index (χ1n) is 17.4. The summed E-state index contributed by atoms with van der Waals surface area (Å²) < 4.78 is 39.9. The molecule has 0 aromatic heterocycles. The Kier molecular flexibility index (Phi) is 13.7. The monoisotopic (exact) mass is 788 g/mol. The van der Waals surface area contributed by atoms with Crippen LogP contribution in [-0.2, 0) is 38.1 Å². The Hall–Kier alpha value is -7.74. The Bertz CT molecular complexity index is 2150. The van der Waals surface area contributed by atoms with E-state index in [1.807, 2.05) is 19.1 Å². The topological polar surface area (TPSA) is 176 Å². The molecule has 0 unspecified atom stereocenters. The fourth-order valence-corrected chi connectivity index (χ4v) is 5.27. The first kappa shape index (κ1) is 41.4. The van der Waals surface area contributed by atoms with E-state index in [-0.39, 0.29) is 28.6 Å². The number of hydrogen-bond acceptors (Lipinski definition) is 14. The number of fused-ring (bicyclic) bond motifs is 3. The molecule has 0 fully saturated rings. The van der Waals surface area contributed by atoms with Gasteiger partial charge in [0.15, 0.2) is 0 Å². The predicted molar refractivity (Wildman–Crippen MR) is 207 cm³/mol. The molecule has 0 saturated carbocycles. The number of benzene rings is 4. The summed E-state index contributed by atoms with van der Waals surface area (Å²) in [4.78, 5) is 71.6. The quantitative estimate of drug-likeness (QED) is 0.0392. The van der Waals surface area contributed by atoms with Crippen molar-refractivity contribution < 1.29 is 66.7 Å². The zero-order valence-electron chi connectivity index (χ0n) is 31.5. The fraction of sp³-hybridized carbons (Fsp3) is 0.136. The van der Waals surface area contributed by atoms with Crippen LogP contribution >= 0.6 is 0 Å². The molecule has 296 valence electrons. The van der Waals surface area contributed by atoms with Gasteiger partial charge in [-0.25, -0.2) is 28.8 Å². The Morgan fingerprint density at radius 1 is 0.517 bits per heavy atom. The van der Waals surface area contributed by atoms with Crippen molar-refractivity contribution in [2.45, 2.75) is 26.7 Å². The van der Waals surface area contributed by atoms with Crippen LogP contribution in [0.5, 0.6) is 23.0 Å². The molecule has 4 aromatic rings. The third-order valence-corrected chi connectivity index (χ3v) is 8.12. The average Bonchev–Trinajstić information content (AvgIpc) is 3.46. The predicted octanol–water partition coefficient (Wildman–Crippen LogP) is 8.24. The van der Waals surface area contributed by atoms with Crippen LogP contribution in [0.25, 0.3) is 23.3 Å². The maximum absolute atomic E-state index is 12.7. The second-order valence-electron chi connectivity index (χ2n) is 12.5. The van der Waals surface area contributed by atoms with Crippen LogP contribution in [-0.4, -0.2) is 49.8 Å². The summed E-state index contributed by atoms with van der Waals surface area (Å²) in [5, 5.41) is 0. The van der Waals surface area contributed by atoms with Gasteiger partial charge in [-0.2, -0.15) is 0 Å². The summed E-state index contributed by atoms with van der Waals surface area (Å²) in [6.45, 7) is 10.5. The van der Waals surface area contributed by atoms with Crippen LogP contribution in [0.15, 0.2) is 121 Å². The van der Waals surface area contributed by atoms with Crippen LogP contribution < -0.4 is 18.9 Å². The second kappa shape index (κ2) is 19.2. The second-order valence-corrected chi connectivity index (χ2v) is 12.5. The highest BCUT2D eigenvalue weighted by Gasteiger charge is 2.27. The normalized spacial score (nSPS) is 12.4. The molecule has 0 atom stereocenters. The van der Waals surface area contributed by atoms with Crippen molar-refractivity contribution in [2.24, 2.45) is 0 Å². The Morgan fingerprint density at radius 3 is 1.24 bits per heavy atom. The zero-order chi connectivity index (χ0) is 41.8. The van der Waals surface area contributed by atoms with Gasteiger partial charge in [0.05, 0.1) is 0 Å². The number of rotatable bonds is 14. The minimum Gasteiger partial charge on any atom is -0.424 e. The van der Waals surface area contributed by atoms with E-state index in [2.05, 4.69) is 32.1 Å². The summed E-state index contributed by atoms with van der Waals surface area (Å²) in [5.74, 6) is -1.68. The van der Waals surface area contributed by atoms with E-state index in [0.29, 0.717) is 22.6 Å². The van der Waals surface area contributed by atoms with Crippen molar-refractivity contribution in [3.05, 3.63) is 144 Å². The minimum atomic E-state index is -1.07. The van der Waals surface area contributed by atoms with Gasteiger partial charge in [0.2, 0.25) is 13.6 Å². The molecule has 4 aromatic carbocycles. The average molecular weight is 789 g/mol. The number of hydrogen-bond donors (Lipinski definition) is 0. The molecule has 1 aliphatic carbocycles. The van der Waals surface area contributed by atoms with Gasteiger partial charge < -0.3 is 37.9 Å². The van der Waals surface area contributed by atoms with Crippen LogP contribution in [0, 0.1) is 0 Å². The van der Waals surface area contributed by atoms with Crippen molar-refractivity contribution >= 4 is 48.3 Å². The van der Waals surface area contributed by atoms with Gasteiger partial charge in [0.25, 0.3) is 0 Å². The molecule has 58 heavy (non-hydrogen) atoms. The molecule has 14 heteroatoms. The number of carbonyl (C=O) groups excluding carboxylic acids is 6. The Balaban J connectivity index is 1.09. The number of esters is 4. The fourth-order valence-electron chi connectivity index (χ4n) is 5.27. The first-order chi connectivity index (χ1) is 27.7. The summed E-state index contributed by atoms with van der Waals surface area (Å²) >= 11 is 0. The molecule has 0 radical (unpaired) electrons. The molecule has 1 aliphatic rings. The van der Waals surface area contributed by atoms with Gasteiger partial charge in [-0.1, -0.05) is 56.5 Å². The van der Waals surface area contributed by atoms with Crippen molar-refractivity contribution in [3.63, 3.8) is 0 Å². The van der Waals surface area contributed by atoms with Crippen LogP contribution in [0.1, 0.15) is 48.9 Å². The van der Waals surface area contributed by atoms with Crippen molar-refractivity contribution in [3.8, 4) is 34.1 Å². The number of ether oxygens (including phenoxy) is 8. The number of carbonyl (C=O) groups is 6. The summed E-state index contributed by atoms with van der Waals surface area (Å²) in [5.41, 5.74) is 5.36. The highest BCUT2D eigenvalue weighted by atomic mass is 16.8. The highest BCUT2D eigenvalue weighted by molar-refractivity contribution is 5.91. The molecule has 14 nitrogen and oxygen atoms in total. The molecular weight excluding hydrogens is 752 g/mol. The van der Waals surface area contributed by atoms with E-state index in [1.54, 1.807) is 48.5 Å². The molecule has 0 amide bonds. The molecule has 0 bridgehead atoms. The minimum absolute atomic E-state index is 0.0952. The third kappa shape index (κ3) is 11.6. The highest BCUT2D eigenvalue weighted by Crippen LogP contribution is 2.47. The Labute approximate surface area is 332 Å². The van der Waals surface area contributed by atoms with Crippen molar-refractivity contribution in [2.75, 3.05) is 13.6 Å². The van der Waals surface area contributed by atoms with Crippen LogP contribution in [0.2, 0.25) is 0 Å². The van der Waals surface area contributed by atoms with Gasteiger partial charge in [0.1, 0.15) is 23.0 Å². The molecule has 0 aliphatic heterocycles. The van der Waals surface area contributed by atoms with E-state index in [0.717, 1.165) is 22.3 Å². The van der Waals surface area contributed by atoms with E-state index < -0.39 is 49.8 Å². The SMILES string of the molecule is C=C(C)C(=O)OCOC(=O)Oc1ccc(C=CC(=O)Oc2ccc3c(c2)C(C)c2cc(OC(=O)C=Cc4ccc(OC(=O)OCOC(=O)C(=C)C)cc4)ccc2-3)cc1. The summed E-state index contributed by atoms with van der Waals surface area (Å²) in [6, 6.07) is 23.1. The Morgan fingerprint density at radius 2 is 0.879 bits per heavy atom. The molecule has 5 rings (SSSR count). The van der Waals surface area contributed by atoms with Gasteiger partial charge >= 0.3 is 36.2 Å². The molecule has 0 spiro atoms. The smallest absolute Gasteiger partial charge is 0.424 e. The lowest BCUT2D eigenvalue weighted by Crippen LogP contribution is -2.15. The van der Waals surface area contributed by atoms with Crippen molar-refractivity contribution in [1.29, 1.82) is 0 Å². The molecule has 0 N–H and O–H groups in total. The first-order valence-corrected chi connectivity index (χ1v) is 17.4. The van der Waals surface area contributed by atoms with E-state index >= 15 is 0 Å². The van der Waals surface area contributed by atoms with Crippen molar-refractivity contribution in [1.82, 2.24) is 0 Å². The van der Waals surface area contributed by atoms with Gasteiger partial charge in [-0.15, -0.1) is 0 Å². The lowest BCUT2D eigenvalue weighted by atomic mass is 9.99. The van der Waals surface area contributed by atoms with Gasteiger partial charge in [-0.05, 0) is 108 Å². The third-order valence-electron chi connectivity index (χ3n) is 8.12. The van der Waals surface area contributed by atoms with Crippen LogP contribution in [0.4, 0.5) is 9.59 Å². The lowest BCUT2D eigenvalue weighted by molar-refractivity contribution is -0.148. The van der Waals surface area contributed by atoms with E-state index in [1.165, 1.54) is 62.4 Å². The largest absolute Gasteiger partial charge is 0.516 e. The standard InChI is InChI=1S/C44H36O14/c1-26(2)41(47)51-24-53-43(49)57-31-12-6-29(7-13-31)10-20-39(45)55-33-16-18-35-36-19-17-34(23-38(36)28(5)37(35)22-33)56-40(46)21-11-30-8-14-32(15-9-30)58-44(50)54-25-52-42(48)27(3)4/h6-23,28H,1,3,24-25H2,2,4-5H3. The maximum atomic E-state index is 12.7. The van der Waals surface area contributed by atoms with Gasteiger partial charge in [-0.3, -0.25) is 0 Å². The molecule has 0 heterocycles. The van der Waals surface area contributed by atoms with E-state index in [9.17, 15) is 28.8 Å². The maximum Gasteiger partial charge on any atom is 0.516 e.